The van der Waals surface area contributed by atoms with E-state index in [-0.39, 0.29) is 0 Å². The van der Waals surface area contributed by atoms with Gasteiger partial charge in [-0.05, 0) is 51.4 Å². The van der Waals surface area contributed by atoms with Crippen LogP contribution >= 0.6 is 15.6 Å². The van der Waals surface area contributed by atoms with E-state index >= 15 is 0 Å². The van der Waals surface area contributed by atoms with Crippen LogP contribution in [0.25, 0.3) is 0 Å². The van der Waals surface area contributed by atoms with E-state index in [1.807, 2.05) is 0 Å². The van der Waals surface area contributed by atoms with Crippen molar-refractivity contribution in [1.82, 2.24) is 0 Å². The molecule has 4 rings (SSSR count). The van der Waals surface area contributed by atoms with E-state index in [1.165, 1.54) is 128 Å². The van der Waals surface area contributed by atoms with Crippen LogP contribution in [0, 0.1) is 0 Å². The first-order valence-corrected chi connectivity index (χ1v) is 20.5. The van der Waals surface area contributed by atoms with Crippen LogP contribution in [-0.2, 0) is 23.0 Å². The Morgan fingerprint density at radius 3 is 1.02 bits per heavy atom. The molecule has 0 heterocycles. The van der Waals surface area contributed by atoms with Gasteiger partial charge in [-0.15, -0.1) is 0 Å². The second kappa shape index (κ2) is 27.3. The van der Waals surface area contributed by atoms with Gasteiger partial charge < -0.3 is 57.8 Å². The number of carbonyl (C=O) groups excluding carboxylic acids is 1. The zero-order valence-corrected chi connectivity index (χ0v) is 30.3. The molecule has 18 heteroatoms. The minimum absolute atomic E-state index is 0.536. The molecule has 0 unspecified atom stereocenters. The highest BCUT2D eigenvalue weighted by Gasteiger charge is 2.33. The molecule has 3 atom stereocenters. The zero-order valence-electron chi connectivity index (χ0n) is 28.5. The number of aliphatic hydroxyl groups is 3. The van der Waals surface area contributed by atoms with Crippen molar-refractivity contribution in [3.63, 3.8) is 0 Å². The van der Waals surface area contributed by atoms with Crippen LogP contribution in [0.3, 0.4) is 0 Å². The van der Waals surface area contributed by atoms with Crippen molar-refractivity contribution < 1.29 is 57.9 Å². The van der Waals surface area contributed by atoms with Crippen molar-refractivity contribution >= 4 is 21.4 Å². The predicted octanol–water partition coefficient (Wildman–Crippen LogP) is 1.97. The van der Waals surface area contributed by atoms with Crippen LogP contribution in [0.4, 0.5) is 0 Å². The average molecular weight is 737 g/mol. The van der Waals surface area contributed by atoms with Crippen molar-refractivity contribution in [1.29, 1.82) is 0 Å². The van der Waals surface area contributed by atoms with E-state index in [0.29, 0.717) is 24.2 Å². The van der Waals surface area contributed by atoms with E-state index in [0.717, 1.165) is 0 Å². The van der Waals surface area contributed by atoms with Gasteiger partial charge in [-0.2, -0.15) is 0 Å². The fourth-order valence-electron chi connectivity index (χ4n) is 5.44. The SMILES string of the molecule is NC1CCCCC1.NC1CCCCC1.NC1CCCCC1.NC1CCCCC1.O=C(COP(=O)(O)O)[C@@H](O)[C@H](O)[C@H](O)COP(=O)(O)O. The first kappa shape index (κ1) is 47.6. The van der Waals surface area contributed by atoms with Crippen LogP contribution in [0.5, 0.6) is 0 Å². The largest absolute Gasteiger partial charge is 0.470 e. The molecule has 0 bridgehead atoms. The monoisotopic (exact) mass is 736 g/mol. The maximum absolute atomic E-state index is 11.2. The van der Waals surface area contributed by atoms with Crippen molar-refractivity contribution in [3.8, 4) is 0 Å². The lowest BCUT2D eigenvalue weighted by Crippen LogP contribution is -2.45. The first-order chi connectivity index (χ1) is 22.4. The van der Waals surface area contributed by atoms with E-state index < -0.39 is 53.0 Å². The molecule has 288 valence electrons. The maximum Gasteiger partial charge on any atom is 0.470 e. The molecular weight excluding hydrogens is 670 g/mol. The minimum Gasteiger partial charge on any atom is -0.388 e. The number of phosphoric ester groups is 2. The molecule has 0 amide bonds. The summed E-state index contributed by atoms with van der Waals surface area (Å²) in [7, 11) is -9.87. The Kier molecular flexibility index (Phi) is 27.1. The quantitative estimate of drug-likeness (QED) is 0.151. The highest BCUT2D eigenvalue weighted by molar-refractivity contribution is 7.46. The zero-order chi connectivity index (χ0) is 36.6. The standard InChI is InChI=1S/4C6H13N.C6H14O12P2/c4*7-6-4-2-1-3-5-6;7-3(1-17-19(11,12)13)5(9)6(10)4(8)2-18-20(14,15)16/h4*6H,1-5,7H2;3,5-7,9-10H,1-2H2,(H2,11,12,13)(H2,14,15,16)/t;;;;3-,5-,6-/m....1/s1. The fourth-order valence-corrected chi connectivity index (χ4v) is 6.09. The highest BCUT2D eigenvalue weighted by Crippen LogP contribution is 2.36. The Morgan fingerprint density at radius 1 is 0.542 bits per heavy atom. The summed E-state index contributed by atoms with van der Waals surface area (Å²) in [5.41, 5.74) is 22.5. The summed E-state index contributed by atoms with van der Waals surface area (Å²) in [6, 6.07) is 2.14. The number of phosphoric acid groups is 2. The first-order valence-electron chi connectivity index (χ1n) is 17.4. The third-order valence-electron chi connectivity index (χ3n) is 8.44. The molecule has 4 fully saturated rings. The van der Waals surface area contributed by atoms with Gasteiger partial charge in [0, 0.05) is 24.2 Å². The van der Waals surface area contributed by atoms with Gasteiger partial charge in [-0.25, -0.2) is 9.13 Å². The summed E-state index contributed by atoms with van der Waals surface area (Å²) < 4.78 is 28.2. The smallest absolute Gasteiger partial charge is 0.388 e. The average Bonchev–Trinajstić information content (AvgIpc) is 3.04. The number of nitrogens with two attached hydrogens (primary N) is 4. The number of hydrogen-bond donors (Lipinski definition) is 11. The van der Waals surface area contributed by atoms with Crippen LogP contribution < -0.4 is 22.9 Å². The third kappa shape index (κ3) is 29.4. The van der Waals surface area contributed by atoms with Gasteiger partial charge in [0.1, 0.15) is 24.9 Å². The Balaban J connectivity index is 0.000000640. The summed E-state index contributed by atoms with van der Waals surface area (Å²) in [6.45, 7) is -2.33. The highest BCUT2D eigenvalue weighted by atomic mass is 31.2. The summed E-state index contributed by atoms with van der Waals surface area (Å²) >= 11 is 0. The lowest BCUT2D eigenvalue weighted by atomic mass is 9.97. The summed E-state index contributed by atoms with van der Waals surface area (Å²) in [5.74, 6) is -1.36. The van der Waals surface area contributed by atoms with Crippen molar-refractivity contribution in [3.05, 3.63) is 0 Å². The summed E-state index contributed by atoms with van der Waals surface area (Å²) in [4.78, 5) is 44.4. The molecule has 15 N–H and O–H groups in total. The van der Waals surface area contributed by atoms with Crippen LogP contribution in [0.15, 0.2) is 0 Å². The molecule has 4 aliphatic rings. The van der Waals surface area contributed by atoms with Gasteiger partial charge in [0.05, 0.1) is 6.61 Å². The van der Waals surface area contributed by atoms with Gasteiger partial charge in [0.25, 0.3) is 0 Å². The maximum atomic E-state index is 11.2. The van der Waals surface area contributed by atoms with Gasteiger partial charge in [0.2, 0.25) is 0 Å². The second-order valence-electron chi connectivity index (χ2n) is 13.1. The molecule has 4 aliphatic carbocycles. The van der Waals surface area contributed by atoms with E-state index in [1.54, 1.807) is 0 Å². The van der Waals surface area contributed by atoms with Crippen LogP contribution in [0.1, 0.15) is 128 Å². The number of aliphatic hydroxyl groups excluding tert-OH is 3. The van der Waals surface area contributed by atoms with Crippen LogP contribution in [0.2, 0.25) is 0 Å². The fraction of sp³-hybridized carbons (Fsp3) is 0.967. The van der Waals surface area contributed by atoms with Gasteiger partial charge in [0.15, 0.2) is 5.78 Å². The van der Waals surface area contributed by atoms with Gasteiger partial charge in [-0.1, -0.05) is 77.0 Å². The molecule has 4 saturated carbocycles. The Hall–Kier alpha value is -0.390. The third-order valence-corrected chi connectivity index (χ3v) is 9.39. The number of ketones is 1. The predicted molar refractivity (Wildman–Crippen MR) is 183 cm³/mol. The molecular formula is C30H66N4O12P2. The van der Waals surface area contributed by atoms with Crippen molar-refractivity contribution in [2.24, 2.45) is 22.9 Å². The van der Waals surface area contributed by atoms with Crippen LogP contribution in [-0.4, -0.2) is 96.4 Å². The normalized spacial score (nSPS) is 22.1. The number of carbonyl (C=O) groups is 1. The lowest BCUT2D eigenvalue weighted by Gasteiger charge is -2.22. The van der Waals surface area contributed by atoms with Gasteiger partial charge >= 0.3 is 15.6 Å². The second-order valence-corrected chi connectivity index (χ2v) is 15.6. The molecule has 0 radical (unpaired) electrons. The topological polar surface area (TPSA) is 315 Å². The Morgan fingerprint density at radius 2 is 0.812 bits per heavy atom. The minimum atomic E-state index is -4.95. The summed E-state index contributed by atoms with van der Waals surface area (Å²) in [6.07, 6.45) is 20.1. The van der Waals surface area contributed by atoms with E-state index in [4.69, 9.17) is 42.5 Å². The Labute approximate surface area is 286 Å². The van der Waals surface area contributed by atoms with E-state index in [9.17, 15) is 29.2 Å². The number of Topliss-reactive ketones (excluding diaryl/α,β-unsaturated/α-hetero) is 1. The molecule has 0 saturated heterocycles. The number of rotatable bonds is 9. The number of hydrogen-bond acceptors (Lipinski definition) is 12. The van der Waals surface area contributed by atoms with Gasteiger partial charge in [-0.3, -0.25) is 13.8 Å². The lowest BCUT2D eigenvalue weighted by molar-refractivity contribution is -0.142. The van der Waals surface area contributed by atoms with Crippen molar-refractivity contribution in [2.75, 3.05) is 13.2 Å². The molecule has 0 aromatic heterocycles. The van der Waals surface area contributed by atoms with E-state index in [2.05, 4.69) is 9.05 Å². The van der Waals surface area contributed by atoms with Crippen molar-refractivity contribution in [2.45, 2.75) is 171 Å². The Bertz CT molecular complexity index is 825. The molecule has 0 aliphatic heterocycles. The molecule has 16 nitrogen and oxygen atoms in total. The molecule has 0 aromatic rings. The molecule has 0 aromatic carbocycles. The summed E-state index contributed by atoms with van der Waals surface area (Å²) in [5, 5.41) is 27.7. The molecule has 48 heavy (non-hydrogen) atoms. The molecule has 0 spiro atoms.